The van der Waals surface area contributed by atoms with Crippen LogP contribution in [0.3, 0.4) is 0 Å². The fourth-order valence-electron chi connectivity index (χ4n) is 3.38. The van der Waals surface area contributed by atoms with Gasteiger partial charge in [-0.25, -0.2) is 9.97 Å². The van der Waals surface area contributed by atoms with E-state index in [0.717, 1.165) is 24.2 Å². The van der Waals surface area contributed by atoms with Crippen LogP contribution in [-0.4, -0.2) is 46.9 Å². The fraction of sp³-hybridized carbons (Fsp3) is 0.333. The number of hydrogen-bond donors (Lipinski definition) is 1. The molecule has 0 unspecified atom stereocenters. The highest BCUT2D eigenvalue weighted by molar-refractivity contribution is 6.01. The van der Waals surface area contributed by atoms with Crippen molar-refractivity contribution in [3.05, 3.63) is 47.8 Å². The van der Waals surface area contributed by atoms with Gasteiger partial charge in [0.1, 0.15) is 12.3 Å². The molecule has 4 rings (SSSR count). The smallest absolute Gasteiger partial charge is 0.254 e. The van der Waals surface area contributed by atoms with Gasteiger partial charge in [0.25, 0.3) is 5.91 Å². The van der Waals surface area contributed by atoms with Gasteiger partial charge in [0.15, 0.2) is 0 Å². The van der Waals surface area contributed by atoms with Crippen LogP contribution in [0.2, 0.25) is 0 Å². The standard InChI is InChI=1S/C18H18N4O3/c1-25-12-3-4-13-14(9-12)18(5-6-18)11-22(16(13)24)10-15(23)21-17-19-7-2-8-20-17/h2-4,7-9H,5-6,10-11H2,1H3,(H,19,20,21,23). The van der Waals surface area contributed by atoms with E-state index in [2.05, 4.69) is 15.3 Å². The molecule has 7 nitrogen and oxygen atoms in total. The summed E-state index contributed by atoms with van der Waals surface area (Å²) < 4.78 is 5.29. The molecule has 1 aromatic heterocycles. The molecule has 2 heterocycles. The van der Waals surface area contributed by atoms with E-state index in [1.807, 2.05) is 6.07 Å². The first-order valence-corrected chi connectivity index (χ1v) is 8.16. The number of anilines is 1. The minimum Gasteiger partial charge on any atom is -0.497 e. The Morgan fingerprint density at radius 3 is 2.76 bits per heavy atom. The lowest BCUT2D eigenvalue weighted by Crippen LogP contribution is -2.46. The topological polar surface area (TPSA) is 84.4 Å². The van der Waals surface area contributed by atoms with Crippen molar-refractivity contribution in [2.24, 2.45) is 0 Å². The first-order valence-electron chi connectivity index (χ1n) is 8.16. The van der Waals surface area contributed by atoms with E-state index in [4.69, 9.17) is 4.74 Å². The minimum absolute atomic E-state index is 0.00962. The summed E-state index contributed by atoms with van der Waals surface area (Å²) in [5.74, 6) is 0.570. The van der Waals surface area contributed by atoms with Crippen molar-refractivity contribution in [2.75, 3.05) is 25.5 Å². The van der Waals surface area contributed by atoms with E-state index in [0.29, 0.717) is 12.1 Å². The van der Waals surface area contributed by atoms with Crippen molar-refractivity contribution in [1.82, 2.24) is 14.9 Å². The number of carbonyl (C=O) groups is 2. The van der Waals surface area contributed by atoms with E-state index in [-0.39, 0.29) is 29.7 Å². The Morgan fingerprint density at radius 2 is 2.08 bits per heavy atom. The summed E-state index contributed by atoms with van der Waals surface area (Å²) in [5.41, 5.74) is 1.66. The van der Waals surface area contributed by atoms with Crippen LogP contribution in [-0.2, 0) is 10.2 Å². The summed E-state index contributed by atoms with van der Waals surface area (Å²) in [5, 5.41) is 2.62. The van der Waals surface area contributed by atoms with Crippen molar-refractivity contribution >= 4 is 17.8 Å². The van der Waals surface area contributed by atoms with Crippen LogP contribution in [0.25, 0.3) is 0 Å². The molecule has 0 radical (unpaired) electrons. The molecule has 1 N–H and O–H groups in total. The van der Waals surface area contributed by atoms with Crippen molar-refractivity contribution < 1.29 is 14.3 Å². The first kappa shape index (κ1) is 15.6. The van der Waals surface area contributed by atoms with Crippen LogP contribution in [0.5, 0.6) is 5.75 Å². The van der Waals surface area contributed by atoms with Crippen molar-refractivity contribution in [3.8, 4) is 5.75 Å². The average Bonchev–Trinajstić information content (AvgIpc) is 3.40. The van der Waals surface area contributed by atoms with E-state index < -0.39 is 0 Å². The Balaban J connectivity index is 1.54. The number of rotatable bonds is 4. The Labute approximate surface area is 145 Å². The second-order valence-electron chi connectivity index (χ2n) is 6.47. The Morgan fingerprint density at radius 1 is 1.32 bits per heavy atom. The molecule has 1 saturated carbocycles. The van der Waals surface area contributed by atoms with Crippen molar-refractivity contribution in [3.63, 3.8) is 0 Å². The zero-order chi connectivity index (χ0) is 17.4. The molecule has 0 bridgehead atoms. The maximum Gasteiger partial charge on any atom is 0.254 e. The first-order chi connectivity index (χ1) is 12.1. The molecule has 0 saturated heterocycles. The van der Waals surface area contributed by atoms with E-state index in [9.17, 15) is 9.59 Å². The van der Waals surface area contributed by atoms with Crippen LogP contribution in [0, 0.1) is 0 Å². The third kappa shape index (κ3) is 2.82. The number of nitrogens with zero attached hydrogens (tertiary/aromatic N) is 3. The molecule has 1 spiro atoms. The van der Waals surface area contributed by atoms with Gasteiger partial charge in [-0.2, -0.15) is 0 Å². The summed E-state index contributed by atoms with van der Waals surface area (Å²) in [6, 6.07) is 7.20. The predicted octanol–water partition coefficient (Wildman–Crippen LogP) is 1.61. The van der Waals surface area contributed by atoms with Crippen LogP contribution >= 0.6 is 0 Å². The predicted molar refractivity (Wildman–Crippen MR) is 90.5 cm³/mol. The maximum absolute atomic E-state index is 12.8. The summed E-state index contributed by atoms with van der Waals surface area (Å²) in [6.07, 6.45) is 5.13. The SMILES string of the molecule is COc1ccc2c(c1)C1(CC1)CN(CC(=O)Nc1ncccn1)C2=O. The molecular weight excluding hydrogens is 320 g/mol. The number of benzene rings is 1. The van der Waals surface area contributed by atoms with Gasteiger partial charge in [0, 0.05) is 29.9 Å². The molecule has 2 amide bonds. The molecule has 1 aliphatic heterocycles. The molecule has 2 aromatic rings. The number of nitrogens with one attached hydrogen (secondary N) is 1. The van der Waals surface area contributed by atoms with Gasteiger partial charge in [-0.05, 0) is 42.7 Å². The number of carbonyl (C=O) groups excluding carboxylic acids is 2. The van der Waals surface area contributed by atoms with Crippen molar-refractivity contribution in [2.45, 2.75) is 18.3 Å². The number of hydrogen-bond acceptors (Lipinski definition) is 5. The highest BCUT2D eigenvalue weighted by Gasteiger charge is 2.51. The summed E-state index contributed by atoms with van der Waals surface area (Å²) in [7, 11) is 1.62. The van der Waals surface area contributed by atoms with Crippen LogP contribution in [0.15, 0.2) is 36.7 Å². The molecule has 25 heavy (non-hydrogen) atoms. The molecule has 2 aliphatic rings. The normalized spacial score (nSPS) is 17.2. The number of amides is 2. The number of aromatic nitrogens is 2. The van der Waals surface area contributed by atoms with Crippen LogP contribution in [0.1, 0.15) is 28.8 Å². The molecular formula is C18H18N4O3. The second-order valence-corrected chi connectivity index (χ2v) is 6.47. The molecule has 7 heteroatoms. The van der Waals surface area contributed by atoms with E-state index in [1.54, 1.807) is 42.6 Å². The van der Waals surface area contributed by atoms with Gasteiger partial charge in [-0.1, -0.05) is 0 Å². The zero-order valence-electron chi connectivity index (χ0n) is 13.9. The molecule has 1 aliphatic carbocycles. The quantitative estimate of drug-likeness (QED) is 0.915. The Kier molecular flexibility index (Phi) is 3.63. The fourth-order valence-corrected chi connectivity index (χ4v) is 3.38. The van der Waals surface area contributed by atoms with Gasteiger partial charge in [0.2, 0.25) is 11.9 Å². The third-order valence-electron chi connectivity index (χ3n) is 4.81. The van der Waals surface area contributed by atoms with Gasteiger partial charge < -0.3 is 9.64 Å². The Hall–Kier alpha value is -2.96. The average molecular weight is 338 g/mol. The number of fused-ring (bicyclic) bond motifs is 2. The minimum atomic E-state index is -0.299. The van der Waals surface area contributed by atoms with E-state index in [1.165, 1.54) is 0 Å². The van der Waals surface area contributed by atoms with Gasteiger partial charge in [0.05, 0.1) is 7.11 Å². The van der Waals surface area contributed by atoms with Gasteiger partial charge in [-0.15, -0.1) is 0 Å². The highest BCUT2D eigenvalue weighted by atomic mass is 16.5. The van der Waals surface area contributed by atoms with E-state index >= 15 is 0 Å². The third-order valence-corrected chi connectivity index (χ3v) is 4.81. The summed E-state index contributed by atoms with van der Waals surface area (Å²) in [6.45, 7) is 0.541. The molecule has 1 aromatic carbocycles. The van der Waals surface area contributed by atoms with Gasteiger partial charge in [-0.3, -0.25) is 14.9 Å². The zero-order valence-corrected chi connectivity index (χ0v) is 13.9. The lowest BCUT2D eigenvalue weighted by atomic mass is 9.86. The molecule has 128 valence electrons. The number of ether oxygens (including phenoxy) is 1. The second kappa shape index (κ2) is 5.84. The van der Waals surface area contributed by atoms with Crippen molar-refractivity contribution in [1.29, 1.82) is 0 Å². The molecule has 1 fully saturated rings. The van der Waals surface area contributed by atoms with Gasteiger partial charge >= 0.3 is 0 Å². The summed E-state index contributed by atoms with van der Waals surface area (Å²) in [4.78, 5) is 34.6. The van der Waals surface area contributed by atoms with Crippen LogP contribution in [0.4, 0.5) is 5.95 Å². The Bertz CT molecular complexity index is 833. The van der Waals surface area contributed by atoms with Crippen LogP contribution < -0.4 is 10.1 Å². The summed E-state index contributed by atoms with van der Waals surface area (Å²) >= 11 is 0. The number of methoxy groups -OCH3 is 1. The monoisotopic (exact) mass is 338 g/mol. The lowest BCUT2D eigenvalue weighted by molar-refractivity contribution is -0.117. The lowest BCUT2D eigenvalue weighted by Gasteiger charge is -2.34. The highest BCUT2D eigenvalue weighted by Crippen LogP contribution is 2.52. The largest absolute Gasteiger partial charge is 0.497 e. The maximum atomic E-state index is 12.8. The molecule has 0 atom stereocenters.